The van der Waals surface area contributed by atoms with Crippen LogP contribution in [0.15, 0.2) is 29.4 Å². The minimum atomic E-state index is -3.04. The van der Waals surface area contributed by atoms with Crippen LogP contribution in [0.4, 0.5) is 0 Å². The lowest BCUT2D eigenvalue weighted by molar-refractivity contribution is -0.129. The second kappa shape index (κ2) is 9.50. The molecule has 1 saturated carbocycles. The number of hydrogen-bond acceptors (Lipinski definition) is 6. The predicted octanol–water partition coefficient (Wildman–Crippen LogP) is 3.84. The maximum absolute atomic E-state index is 12.9. The van der Waals surface area contributed by atoms with Gasteiger partial charge in [0.1, 0.15) is 0 Å². The van der Waals surface area contributed by atoms with E-state index in [0.717, 1.165) is 37.1 Å². The first-order valence-corrected chi connectivity index (χ1v) is 13.9. The minimum Gasteiger partial charge on any atom is -0.338 e. The number of amides is 1. The Morgan fingerprint density at radius 3 is 2.61 bits per heavy atom. The fourth-order valence-corrected chi connectivity index (χ4v) is 7.40. The zero-order valence-electron chi connectivity index (χ0n) is 17.5. The molecule has 1 saturated heterocycles. The summed E-state index contributed by atoms with van der Waals surface area (Å²) >= 11 is 7.80. The molecule has 1 atom stereocenters. The number of thioether (sulfide) groups is 1. The first kappa shape index (κ1) is 22.6. The van der Waals surface area contributed by atoms with Crippen LogP contribution in [0.25, 0.3) is 11.4 Å². The SMILES string of the molecule is CCN(C(=O)CSc1nnc(-c2ccccc2Cl)n1C1CCCC1)[C@H]1CCS(=O)(=O)C1. The Labute approximate surface area is 192 Å². The van der Waals surface area contributed by atoms with Crippen molar-refractivity contribution in [3.8, 4) is 11.4 Å². The molecule has 0 radical (unpaired) electrons. The molecule has 1 aliphatic heterocycles. The van der Waals surface area contributed by atoms with E-state index in [1.54, 1.807) is 4.90 Å². The summed E-state index contributed by atoms with van der Waals surface area (Å²) in [7, 11) is -3.04. The van der Waals surface area contributed by atoms with Gasteiger partial charge in [-0.15, -0.1) is 10.2 Å². The van der Waals surface area contributed by atoms with E-state index in [2.05, 4.69) is 14.8 Å². The van der Waals surface area contributed by atoms with E-state index in [1.165, 1.54) is 11.8 Å². The number of benzene rings is 1. The first-order chi connectivity index (χ1) is 14.9. The molecule has 1 aromatic heterocycles. The van der Waals surface area contributed by atoms with Crippen molar-refractivity contribution in [2.24, 2.45) is 0 Å². The molecule has 0 unspecified atom stereocenters. The van der Waals surface area contributed by atoms with Crippen molar-refractivity contribution >= 4 is 39.1 Å². The smallest absolute Gasteiger partial charge is 0.233 e. The molecule has 0 N–H and O–H groups in total. The van der Waals surface area contributed by atoms with E-state index in [4.69, 9.17) is 11.6 Å². The molecule has 1 amide bonds. The van der Waals surface area contributed by atoms with E-state index in [1.807, 2.05) is 31.2 Å². The Hall–Kier alpha value is -1.58. The van der Waals surface area contributed by atoms with Crippen LogP contribution in [0.5, 0.6) is 0 Å². The van der Waals surface area contributed by atoms with Crippen LogP contribution in [-0.4, -0.2) is 63.8 Å². The van der Waals surface area contributed by atoms with Gasteiger partial charge in [-0.3, -0.25) is 9.36 Å². The molecule has 2 heterocycles. The van der Waals surface area contributed by atoms with E-state index < -0.39 is 9.84 Å². The van der Waals surface area contributed by atoms with Crippen LogP contribution in [0, 0.1) is 0 Å². The number of halogens is 1. The molecule has 31 heavy (non-hydrogen) atoms. The highest BCUT2D eigenvalue weighted by atomic mass is 35.5. The average Bonchev–Trinajstić information content (AvgIpc) is 3.47. The van der Waals surface area contributed by atoms with Gasteiger partial charge in [-0.2, -0.15) is 0 Å². The molecule has 2 aliphatic rings. The van der Waals surface area contributed by atoms with Gasteiger partial charge in [0.05, 0.1) is 22.3 Å². The van der Waals surface area contributed by atoms with Crippen LogP contribution >= 0.6 is 23.4 Å². The maximum Gasteiger partial charge on any atom is 0.233 e. The summed E-state index contributed by atoms with van der Waals surface area (Å²) in [6.45, 7) is 2.39. The van der Waals surface area contributed by atoms with Gasteiger partial charge >= 0.3 is 0 Å². The average molecular weight is 483 g/mol. The molecule has 0 spiro atoms. The highest BCUT2D eigenvalue weighted by Crippen LogP contribution is 2.38. The summed E-state index contributed by atoms with van der Waals surface area (Å²) in [4.78, 5) is 14.6. The van der Waals surface area contributed by atoms with E-state index in [0.29, 0.717) is 29.2 Å². The number of carbonyl (C=O) groups is 1. The monoisotopic (exact) mass is 482 g/mol. The molecule has 10 heteroatoms. The number of nitrogens with zero attached hydrogens (tertiary/aromatic N) is 4. The zero-order chi connectivity index (χ0) is 22.0. The second-order valence-corrected chi connectivity index (χ2v) is 11.7. The third-order valence-electron chi connectivity index (χ3n) is 6.10. The maximum atomic E-state index is 12.9. The lowest BCUT2D eigenvalue weighted by Gasteiger charge is -2.26. The molecule has 4 rings (SSSR count). The summed E-state index contributed by atoms with van der Waals surface area (Å²) in [6.07, 6.45) is 4.94. The van der Waals surface area contributed by atoms with Gasteiger partial charge < -0.3 is 4.90 Å². The largest absolute Gasteiger partial charge is 0.338 e. The van der Waals surface area contributed by atoms with E-state index in [9.17, 15) is 13.2 Å². The number of sulfone groups is 1. The summed E-state index contributed by atoms with van der Waals surface area (Å²) in [5, 5.41) is 10.2. The quantitative estimate of drug-likeness (QED) is 0.557. The molecule has 2 fully saturated rings. The fourth-order valence-electron chi connectivity index (χ4n) is 4.56. The minimum absolute atomic E-state index is 0.0603. The number of hydrogen-bond donors (Lipinski definition) is 0. The summed E-state index contributed by atoms with van der Waals surface area (Å²) < 4.78 is 25.8. The van der Waals surface area contributed by atoms with Gasteiger partial charge in [0.25, 0.3) is 0 Å². The Kier molecular flexibility index (Phi) is 6.93. The van der Waals surface area contributed by atoms with Crippen LogP contribution in [-0.2, 0) is 14.6 Å². The highest BCUT2D eigenvalue weighted by Gasteiger charge is 2.34. The molecule has 1 aliphatic carbocycles. The van der Waals surface area contributed by atoms with Crippen molar-refractivity contribution in [2.45, 2.75) is 56.3 Å². The molecular formula is C21H27ClN4O3S2. The summed E-state index contributed by atoms with van der Waals surface area (Å²) in [5.74, 6) is 1.10. The molecule has 2 aromatic rings. The van der Waals surface area contributed by atoms with Gasteiger partial charge in [0.2, 0.25) is 5.91 Å². The van der Waals surface area contributed by atoms with Crippen molar-refractivity contribution < 1.29 is 13.2 Å². The molecule has 168 valence electrons. The predicted molar refractivity (Wildman–Crippen MR) is 123 cm³/mol. The number of rotatable bonds is 7. The third kappa shape index (κ3) is 4.93. The highest BCUT2D eigenvalue weighted by molar-refractivity contribution is 7.99. The lowest BCUT2D eigenvalue weighted by Crippen LogP contribution is -2.42. The zero-order valence-corrected chi connectivity index (χ0v) is 19.9. The molecule has 1 aromatic carbocycles. The van der Waals surface area contributed by atoms with Crippen molar-refractivity contribution in [3.05, 3.63) is 29.3 Å². The van der Waals surface area contributed by atoms with Crippen LogP contribution < -0.4 is 0 Å². The summed E-state index contributed by atoms with van der Waals surface area (Å²) in [6, 6.07) is 7.67. The van der Waals surface area contributed by atoms with Gasteiger partial charge in [-0.25, -0.2) is 8.42 Å². The van der Waals surface area contributed by atoms with E-state index in [-0.39, 0.29) is 29.2 Å². The van der Waals surface area contributed by atoms with Gasteiger partial charge in [-0.1, -0.05) is 48.3 Å². The first-order valence-electron chi connectivity index (χ1n) is 10.7. The van der Waals surface area contributed by atoms with Crippen LogP contribution in [0.1, 0.15) is 45.1 Å². The Morgan fingerprint density at radius 2 is 1.97 bits per heavy atom. The molecular weight excluding hydrogens is 456 g/mol. The Morgan fingerprint density at radius 1 is 1.23 bits per heavy atom. The second-order valence-electron chi connectivity index (χ2n) is 8.12. The summed E-state index contributed by atoms with van der Waals surface area (Å²) in [5.41, 5.74) is 0.841. The van der Waals surface area contributed by atoms with Crippen LogP contribution in [0.3, 0.4) is 0 Å². The fraction of sp³-hybridized carbons (Fsp3) is 0.571. The van der Waals surface area contributed by atoms with Crippen molar-refractivity contribution in [3.63, 3.8) is 0 Å². The third-order valence-corrected chi connectivity index (χ3v) is 9.11. The molecule has 7 nitrogen and oxygen atoms in total. The number of carbonyl (C=O) groups excluding carboxylic acids is 1. The van der Waals surface area contributed by atoms with Crippen molar-refractivity contribution in [1.82, 2.24) is 19.7 Å². The van der Waals surface area contributed by atoms with Crippen LogP contribution in [0.2, 0.25) is 5.02 Å². The van der Waals surface area contributed by atoms with Crippen molar-refractivity contribution in [2.75, 3.05) is 23.8 Å². The van der Waals surface area contributed by atoms with Gasteiger partial charge in [0, 0.05) is 24.2 Å². The van der Waals surface area contributed by atoms with Gasteiger partial charge in [-0.05, 0) is 38.3 Å². The Balaban J connectivity index is 1.54. The standard InChI is InChI=1S/C21H27ClN4O3S2/c1-2-25(16-11-12-31(28,29)14-16)19(27)13-30-21-24-23-20(17-9-5-6-10-18(17)22)26(21)15-7-3-4-8-15/h5-6,9-10,15-16H,2-4,7-8,11-14H2,1H3/t16-/m0/s1. The normalized spacial score (nSPS) is 20.9. The Bertz CT molecular complexity index is 1050. The number of aromatic nitrogens is 3. The van der Waals surface area contributed by atoms with Gasteiger partial charge in [0.15, 0.2) is 20.8 Å². The van der Waals surface area contributed by atoms with E-state index >= 15 is 0 Å². The topological polar surface area (TPSA) is 85.2 Å². The van der Waals surface area contributed by atoms with Crippen molar-refractivity contribution in [1.29, 1.82) is 0 Å². The molecule has 0 bridgehead atoms. The lowest BCUT2D eigenvalue weighted by atomic mass is 10.2.